The van der Waals surface area contributed by atoms with Crippen LogP contribution in [-0.4, -0.2) is 28.1 Å². The first-order valence-electron chi connectivity index (χ1n) is 9.52. The van der Waals surface area contributed by atoms with Crippen molar-refractivity contribution in [3.8, 4) is 0 Å². The van der Waals surface area contributed by atoms with Crippen LogP contribution in [-0.2, 0) is 24.9 Å². The van der Waals surface area contributed by atoms with E-state index in [2.05, 4.69) is 15.7 Å². The van der Waals surface area contributed by atoms with Crippen LogP contribution >= 0.6 is 11.6 Å². The molecule has 0 saturated carbocycles. The summed E-state index contributed by atoms with van der Waals surface area (Å²) in [5.74, 6) is -0.608. The highest BCUT2D eigenvalue weighted by atomic mass is 35.5. The summed E-state index contributed by atoms with van der Waals surface area (Å²) in [7, 11) is 1.80. The predicted octanol–water partition coefficient (Wildman–Crippen LogP) is 2.69. The molecule has 0 spiro atoms. The first-order valence-corrected chi connectivity index (χ1v) is 9.89. The number of anilines is 3. The van der Waals surface area contributed by atoms with Crippen LogP contribution in [0, 0.1) is 5.82 Å². The third kappa shape index (κ3) is 4.10. The maximum Gasteiger partial charge on any atom is 0.258 e. The van der Waals surface area contributed by atoms with Crippen molar-refractivity contribution in [1.29, 1.82) is 0 Å². The van der Waals surface area contributed by atoms with Crippen molar-refractivity contribution in [2.45, 2.75) is 13.1 Å². The minimum atomic E-state index is -0.588. The topological polar surface area (TPSA) is 105 Å². The summed E-state index contributed by atoms with van der Waals surface area (Å²) < 4.78 is 16.3. The van der Waals surface area contributed by atoms with Crippen LogP contribution < -0.4 is 21.3 Å². The van der Waals surface area contributed by atoms with Crippen LogP contribution in [0.3, 0.4) is 0 Å². The molecule has 0 saturated heterocycles. The van der Waals surface area contributed by atoms with Gasteiger partial charge in [0.05, 0.1) is 30.7 Å². The second kappa shape index (κ2) is 8.37. The standard InChI is InChI=1S/C21H20ClFN6O2/c1-28-20-14(10-26-28)11-29(18-5-4-15(22)7-17(18)27-20)21(31)12-2-3-13(16(23)6-12)9-25-19(30)8-24/h2-7,10,27H,8-9,11,24H2,1H3,(H,25,30). The van der Waals surface area contributed by atoms with Gasteiger partial charge in [0, 0.05) is 35.3 Å². The fraction of sp³-hybridized carbons (Fsp3) is 0.190. The average molecular weight is 443 g/mol. The van der Waals surface area contributed by atoms with Crippen LogP contribution in [0.2, 0.25) is 5.02 Å². The summed E-state index contributed by atoms with van der Waals surface area (Å²) in [4.78, 5) is 26.2. The molecule has 8 nitrogen and oxygen atoms in total. The van der Waals surface area contributed by atoms with Gasteiger partial charge >= 0.3 is 0 Å². The van der Waals surface area contributed by atoms with E-state index in [1.165, 1.54) is 18.2 Å². The monoisotopic (exact) mass is 442 g/mol. The van der Waals surface area contributed by atoms with E-state index in [1.54, 1.807) is 41.0 Å². The number of halogens is 2. The zero-order valence-electron chi connectivity index (χ0n) is 16.7. The van der Waals surface area contributed by atoms with Crippen LogP contribution in [0.15, 0.2) is 42.6 Å². The minimum Gasteiger partial charge on any atom is -0.351 e. The van der Waals surface area contributed by atoms with Gasteiger partial charge in [-0.3, -0.25) is 14.3 Å². The van der Waals surface area contributed by atoms with Crippen LogP contribution in [0.4, 0.5) is 21.6 Å². The Balaban J connectivity index is 1.67. The van der Waals surface area contributed by atoms with Crippen LogP contribution in [0.1, 0.15) is 21.5 Å². The third-order valence-electron chi connectivity index (χ3n) is 5.05. The summed E-state index contributed by atoms with van der Waals surface area (Å²) in [6.07, 6.45) is 1.68. The predicted molar refractivity (Wildman–Crippen MR) is 116 cm³/mol. The zero-order valence-corrected chi connectivity index (χ0v) is 17.4. The van der Waals surface area contributed by atoms with Gasteiger partial charge in [0.1, 0.15) is 11.6 Å². The Labute approximate surface area is 182 Å². The van der Waals surface area contributed by atoms with Crippen molar-refractivity contribution in [2.24, 2.45) is 12.8 Å². The maximum absolute atomic E-state index is 14.6. The SMILES string of the molecule is Cn1ncc2c1Nc1cc(Cl)ccc1N(C(=O)c1ccc(CNC(=O)CN)c(F)c1)C2. The number of hydrogen-bond acceptors (Lipinski definition) is 5. The van der Waals surface area contributed by atoms with E-state index in [9.17, 15) is 14.0 Å². The maximum atomic E-state index is 14.6. The average Bonchev–Trinajstić information content (AvgIpc) is 3.00. The van der Waals surface area contributed by atoms with E-state index >= 15 is 0 Å². The molecule has 2 heterocycles. The lowest BCUT2D eigenvalue weighted by Gasteiger charge is -2.23. The largest absolute Gasteiger partial charge is 0.351 e. The first-order chi connectivity index (χ1) is 14.9. The van der Waals surface area contributed by atoms with E-state index in [-0.39, 0.29) is 42.6 Å². The number of nitrogens with one attached hydrogen (secondary N) is 2. The lowest BCUT2D eigenvalue weighted by molar-refractivity contribution is -0.119. The highest BCUT2D eigenvalue weighted by molar-refractivity contribution is 6.31. The van der Waals surface area contributed by atoms with E-state index < -0.39 is 5.82 Å². The lowest BCUT2D eigenvalue weighted by atomic mass is 10.1. The number of aryl methyl sites for hydroxylation is 1. The molecule has 10 heteroatoms. The molecule has 0 aliphatic carbocycles. The molecule has 2 aromatic carbocycles. The normalized spacial score (nSPS) is 12.5. The van der Waals surface area contributed by atoms with Crippen molar-refractivity contribution < 1.29 is 14.0 Å². The number of nitrogens with zero attached hydrogens (tertiary/aromatic N) is 3. The fourth-order valence-electron chi connectivity index (χ4n) is 3.41. The van der Waals surface area contributed by atoms with Crippen LogP contribution in [0.25, 0.3) is 0 Å². The number of aromatic nitrogens is 2. The Morgan fingerprint density at radius 3 is 2.84 bits per heavy atom. The molecular weight excluding hydrogens is 423 g/mol. The third-order valence-corrected chi connectivity index (χ3v) is 5.29. The Kier molecular flexibility index (Phi) is 5.62. The lowest BCUT2D eigenvalue weighted by Crippen LogP contribution is -2.31. The molecule has 1 aliphatic rings. The van der Waals surface area contributed by atoms with Crippen molar-refractivity contribution in [3.63, 3.8) is 0 Å². The number of carbonyl (C=O) groups excluding carboxylic acids is 2. The molecule has 0 atom stereocenters. The number of benzene rings is 2. The van der Waals surface area contributed by atoms with E-state index in [4.69, 9.17) is 17.3 Å². The Bertz CT molecular complexity index is 1180. The first kappa shape index (κ1) is 20.8. The number of nitrogens with two attached hydrogens (primary N) is 1. The Morgan fingerprint density at radius 2 is 2.10 bits per heavy atom. The number of fused-ring (bicyclic) bond motifs is 2. The molecule has 0 unspecified atom stereocenters. The van der Waals surface area contributed by atoms with E-state index in [1.807, 2.05) is 0 Å². The molecule has 4 rings (SSSR count). The zero-order chi connectivity index (χ0) is 22.1. The van der Waals surface area contributed by atoms with Crippen molar-refractivity contribution >= 4 is 40.6 Å². The van der Waals surface area contributed by atoms with Crippen molar-refractivity contribution in [3.05, 3.63) is 70.1 Å². The van der Waals surface area contributed by atoms with Crippen LogP contribution in [0.5, 0.6) is 0 Å². The van der Waals surface area contributed by atoms with Crippen molar-refractivity contribution in [2.75, 3.05) is 16.8 Å². The second-order valence-electron chi connectivity index (χ2n) is 7.11. The molecule has 160 valence electrons. The summed E-state index contributed by atoms with van der Waals surface area (Å²) >= 11 is 6.16. The molecule has 0 bridgehead atoms. The molecule has 3 aromatic rings. The number of carbonyl (C=O) groups is 2. The smallest absolute Gasteiger partial charge is 0.258 e. The van der Waals surface area contributed by atoms with Gasteiger partial charge in [-0.05, 0) is 30.3 Å². The van der Waals surface area contributed by atoms with E-state index in [0.717, 1.165) is 11.4 Å². The molecule has 1 aliphatic heterocycles. The molecule has 1 aromatic heterocycles. The molecule has 0 radical (unpaired) electrons. The molecule has 31 heavy (non-hydrogen) atoms. The minimum absolute atomic E-state index is 0.00957. The molecule has 4 N–H and O–H groups in total. The number of hydrogen-bond donors (Lipinski definition) is 3. The Hall–Kier alpha value is -3.43. The number of rotatable bonds is 4. The van der Waals surface area contributed by atoms with Gasteiger partial charge in [-0.15, -0.1) is 0 Å². The van der Waals surface area contributed by atoms with Gasteiger partial charge in [-0.2, -0.15) is 5.10 Å². The van der Waals surface area contributed by atoms with Gasteiger partial charge in [0.15, 0.2) is 0 Å². The highest BCUT2D eigenvalue weighted by Crippen LogP contribution is 2.37. The molecular formula is C21H20ClFN6O2. The van der Waals surface area contributed by atoms with Crippen molar-refractivity contribution in [1.82, 2.24) is 15.1 Å². The summed E-state index contributed by atoms with van der Waals surface area (Å²) in [6.45, 7) is 0.0604. The highest BCUT2D eigenvalue weighted by Gasteiger charge is 2.27. The number of amides is 2. The Morgan fingerprint density at radius 1 is 1.29 bits per heavy atom. The summed E-state index contributed by atoms with van der Waals surface area (Å²) in [5, 5.41) is 10.6. The quantitative estimate of drug-likeness (QED) is 0.576. The molecule has 0 fully saturated rings. The summed E-state index contributed by atoms with van der Waals surface area (Å²) in [6, 6.07) is 9.35. The van der Waals surface area contributed by atoms with Gasteiger partial charge < -0.3 is 21.3 Å². The molecule has 2 amide bonds. The second-order valence-corrected chi connectivity index (χ2v) is 7.54. The van der Waals surface area contributed by atoms with Gasteiger partial charge in [0.2, 0.25) is 5.91 Å². The fourth-order valence-corrected chi connectivity index (χ4v) is 3.59. The summed E-state index contributed by atoms with van der Waals surface area (Å²) in [5.41, 5.74) is 7.75. The van der Waals surface area contributed by atoms with Gasteiger partial charge in [-0.25, -0.2) is 4.39 Å². The van der Waals surface area contributed by atoms with Gasteiger partial charge in [0.25, 0.3) is 5.91 Å². The van der Waals surface area contributed by atoms with Gasteiger partial charge in [-0.1, -0.05) is 17.7 Å². The van der Waals surface area contributed by atoms with E-state index in [0.29, 0.717) is 16.4 Å².